The van der Waals surface area contributed by atoms with Crippen LogP contribution in [0.1, 0.15) is 23.2 Å². The Kier molecular flexibility index (Phi) is 5.91. The fourth-order valence-electron chi connectivity index (χ4n) is 2.55. The average Bonchev–Trinajstić information content (AvgIpc) is 3.06. The van der Waals surface area contributed by atoms with Gasteiger partial charge in [-0.05, 0) is 18.6 Å². The van der Waals surface area contributed by atoms with Gasteiger partial charge in [0.05, 0.1) is 12.7 Å². The minimum absolute atomic E-state index is 0.148. The molecule has 1 heterocycles. The smallest absolute Gasteiger partial charge is 0.210 e. The molecule has 0 aliphatic heterocycles. The first-order valence-corrected chi connectivity index (χ1v) is 9.24. The number of nitrogens with two attached hydrogens (primary N) is 1. The number of nitrogen functional groups attached to an aromatic ring is 1. The van der Waals surface area contributed by atoms with Gasteiger partial charge < -0.3 is 10.6 Å². The number of para-hydroxylation sites is 1. The van der Waals surface area contributed by atoms with Gasteiger partial charge in [-0.1, -0.05) is 54.2 Å². The van der Waals surface area contributed by atoms with Crippen LogP contribution in [-0.4, -0.2) is 33.5 Å². The molecule has 0 aliphatic rings. The molecular weight excluding hydrogens is 348 g/mol. The van der Waals surface area contributed by atoms with E-state index in [0.717, 1.165) is 23.3 Å². The molecule has 0 unspecified atom stereocenters. The highest BCUT2D eigenvalue weighted by Gasteiger charge is 2.15. The first kappa shape index (κ1) is 18.0. The molecule has 0 radical (unpaired) electrons. The van der Waals surface area contributed by atoms with Crippen molar-refractivity contribution in [3.8, 4) is 17.1 Å². The molecule has 0 spiro atoms. The van der Waals surface area contributed by atoms with Gasteiger partial charge in [-0.3, -0.25) is 4.79 Å². The second kappa shape index (κ2) is 8.53. The summed E-state index contributed by atoms with van der Waals surface area (Å²) in [6.07, 6.45) is 1.24. The van der Waals surface area contributed by atoms with Crippen molar-refractivity contribution in [2.45, 2.75) is 18.0 Å². The van der Waals surface area contributed by atoms with Crippen molar-refractivity contribution in [1.29, 1.82) is 0 Å². The predicted octanol–water partition coefficient (Wildman–Crippen LogP) is 3.42. The number of ether oxygens (including phenoxy) is 1. The summed E-state index contributed by atoms with van der Waals surface area (Å²) in [4.78, 5) is 12.1. The van der Waals surface area contributed by atoms with Crippen molar-refractivity contribution in [3.63, 3.8) is 0 Å². The van der Waals surface area contributed by atoms with Gasteiger partial charge in [0.2, 0.25) is 5.16 Å². The molecule has 2 N–H and O–H groups in total. The number of thioether (sulfide) groups is 1. The number of hydrogen-bond acceptors (Lipinski definition) is 6. The Hall–Kier alpha value is -2.80. The van der Waals surface area contributed by atoms with E-state index in [1.54, 1.807) is 7.11 Å². The van der Waals surface area contributed by atoms with Crippen molar-refractivity contribution in [2.75, 3.05) is 18.7 Å². The van der Waals surface area contributed by atoms with Crippen LogP contribution in [-0.2, 0) is 0 Å². The number of aromatic nitrogens is 3. The lowest BCUT2D eigenvalue weighted by atomic mass is 10.1. The summed E-state index contributed by atoms with van der Waals surface area (Å²) in [5.74, 6) is 8.26. The van der Waals surface area contributed by atoms with Crippen molar-refractivity contribution >= 4 is 17.5 Å². The van der Waals surface area contributed by atoms with Gasteiger partial charge >= 0.3 is 0 Å². The highest BCUT2D eigenvalue weighted by molar-refractivity contribution is 7.99. The normalized spacial score (nSPS) is 10.7. The Bertz CT molecular complexity index is 880. The fraction of sp³-hybridized carbons (Fsp3) is 0.211. The van der Waals surface area contributed by atoms with Crippen LogP contribution in [0.4, 0.5) is 0 Å². The maximum Gasteiger partial charge on any atom is 0.210 e. The summed E-state index contributed by atoms with van der Waals surface area (Å²) in [5.41, 5.74) is 1.54. The van der Waals surface area contributed by atoms with Crippen LogP contribution in [0.3, 0.4) is 0 Å². The minimum atomic E-state index is 0.148. The molecule has 3 aromatic rings. The number of Topliss-reactive ketones (excluding diaryl/α,β-unsaturated/α-hetero) is 1. The van der Waals surface area contributed by atoms with Crippen molar-refractivity contribution in [3.05, 3.63) is 60.2 Å². The molecule has 0 fully saturated rings. The fourth-order valence-corrected chi connectivity index (χ4v) is 3.35. The van der Waals surface area contributed by atoms with Crippen molar-refractivity contribution < 1.29 is 9.53 Å². The molecule has 7 heteroatoms. The summed E-state index contributed by atoms with van der Waals surface area (Å²) < 4.78 is 6.81. The van der Waals surface area contributed by atoms with Gasteiger partial charge in [0, 0.05) is 17.7 Å². The molecule has 0 aliphatic carbocycles. The van der Waals surface area contributed by atoms with Gasteiger partial charge in [-0.2, -0.15) is 0 Å². The van der Waals surface area contributed by atoms with E-state index in [0.29, 0.717) is 23.2 Å². The number of methoxy groups -OCH3 is 1. The topological polar surface area (TPSA) is 83.0 Å². The largest absolute Gasteiger partial charge is 0.496 e. The van der Waals surface area contributed by atoms with Crippen molar-refractivity contribution in [1.82, 2.24) is 14.9 Å². The molecule has 26 heavy (non-hydrogen) atoms. The van der Waals surface area contributed by atoms with Gasteiger partial charge in [0.25, 0.3) is 0 Å². The van der Waals surface area contributed by atoms with E-state index in [1.165, 1.54) is 16.4 Å². The van der Waals surface area contributed by atoms with E-state index in [9.17, 15) is 4.79 Å². The molecule has 3 rings (SSSR count). The number of carbonyl (C=O) groups is 1. The van der Waals surface area contributed by atoms with Crippen molar-refractivity contribution in [2.24, 2.45) is 0 Å². The zero-order chi connectivity index (χ0) is 18.4. The third kappa shape index (κ3) is 4.05. The van der Waals surface area contributed by atoms with Crippen LogP contribution >= 0.6 is 11.8 Å². The zero-order valence-electron chi connectivity index (χ0n) is 14.5. The first-order valence-electron chi connectivity index (χ1n) is 8.25. The van der Waals surface area contributed by atoms with E-state index in [4.69, 9.17) is 10.6 Å². The van der Waals surface area contributed by atoms with Crippen LogP contribution in [0.15, 0.2) is 59.8 Å². The standard InChI is InChI=1S/C19H20N4O2S/c1-25-17-12-6-5-10-15(17)18-21-22-19(23(18)20)26-13-7-11-16(24)14-8-3-2-4-9-14/h2-6,8-10,12H,7,11,13,20H2,1H3. The Morgan fingerprint density at radius 3 is 2.62 bits per heavy atom. The Labute approximate surface area is 156 Å². The third-order valence-corrected chi connectivity index (χ3v) is 4.92. The molecule has 1 aromatic heterocycles. The molecular formula is C19H20N4O2S. The van der Waals surface area contributed by atoms with Crippen LogP contribution < -0.4 is 10.6 Å². The number of carbonyl (C=O) groups excluding carboxylic acids is 1. The zero-order valence-corrected chi connectivity index (χ0v) is 15.3. The monoisotopic (exact) mass is 368 g/mol. The SMILES string of the molecule is COc1ccccc1-c1nnc(SCCCC(=O)c2ccccc2)n1N. The molecule has 0 saturated carbocycles. The second-order valence-corrected chi connectivity index (χ2v) is 6.68. The molecule has 0 saturated heterocycles. The van der Waals surface area contributed by atoms with Crippen LogP contribution in [0.25, 0.3) is 11.4 Å². The quantitative estimate of drug-likeness (QED) is 0.284. The Morgan fingerprint density at radius 2 is 1.85 bits per heavy atom. The number of benzene rings is 2. The lowest BCUT2D eigenvalue weighted by Crippen LogP contribution is -2.12. The summed E-state index contributed by atoms with van der Waals surface area (Å²) in [6, 6.07) is 16.9. The van der Waals surface area contributed by atoms with E-state index in [1.807, 2.05) is 54.6 Å². The number of nitrogens with zero attached hydrogens (tertiary/aromatic N) is 3. The first-order chi connectivity index (χ1) is 12.7. The Balaban J connectivity index is 1.58. The van der Waals surface area contributed by atoms with Gasteiger partial charge in [-0.15, -0.1) is 10.2 Å². The maximum absolute atomic E-state index is 12.1. The lowest BCUT2D eigenvalue weighted by molar-refractivity contribution is 0.0982. The van der Waals surface area contributed by atoms with E-state index >= 15 is 0 Å². The van der Waals surface area contributed by atoms with Crippen LogP contribution in [0.5, 0.6) is 5.75 Å². The molecule has 2 aromatic carbocycles. The second-order valence-electron chi connectivity index (χ2n) is 5.62. The van der Waals surface area contributed by atoms with Gasteiger partial charge in [0.1, 0.15) is 5.75 Å². The molecule has 0 atom stereocenters. The highest BCUT2D eigenvalue weighted by atomic mass is 32.2. The minimum Gasteiger partial charge on any atom is -0.496 e. The summed E-state index contributed by atoms with van der Waals surface area (Å²) in [7, 11) is 1.61. The molecule has 134 valence electrons. The van der Waals surface area contributed by atoms with Gasteiger partial charge in [-0.25, -0.2) is 4.68 Å². The predicted molar refractivity (Wildman–Crippen MR) is 103 cm³/mol. The molecule has 0 bridgehead atoms. The highest BCUT2D eigenvalue weighted by Crippen LogP contribution is 2.29. The number of ketones is 1. The van der Waals surface area contributed by atoms with E-state index < -0.39 is 0 Å². The van der Waals surface area contributed by atoms with E-state index in [2.05, 4.69) is 10.2 Å². The van der Waals surface area contributed by atoms with Crippen LogP contribution in [0.2, 0.25) is 0 Å². The third-order valence-electron chi connectivity index (χ3n) is 3.89. The molecule has 0 amide bonds. The lowest BCUT2D eigenvalue weighted by Gasteiger charge is -2.07. The summed E-state index contributed by atoms with van der Waals surface area (Å²) >= 11 is 1.48. The maximum atomic E-state index is 12.1. The van der Waals surface area contributed by atoms with Gasteiger partial charge in [0.15, 0.2) is 11.6 Å². The average molecular weight is 368 g/mol. The number of rotatable bonds is 8. The molecule has 6 nitrogen and oxygen atoms in total. The summed E-state index contributed by atoms with van der Waals surface area (Å²) in [5, 5.41) is 8.94. The Morgan fingerprint density at radius 1 is 1.12 bits per heavy atom. The van der Waals surface area contributed by atoms with E-state index in [-0.39, 0.29) is 5.78 Å². The van der Waals surface area contributed by atoms with Crippen LogP contribution in [0, 0.1) is 0 Å². The summed E-state index contributed by atoms with van der Waals surface area (Å²) in [6.45, 7) is 0. The number of hydrogen-bond donors (Lipinski definition) is 1.